The summed E-state index contributed by atoms with van der Waals surface area (Å²) in [5.74, 6) is -31.2. The number of esters is 1. The van der Waals surface area contributed by atoms with Gasteiger partial charge in [0, 0.05) is 0 Å². The molecule has 0 amide bonds. The first-order valence-corrected chi connectivity index (χ1v) is 6.28. The molecule has 0 saturated heterocycles. The summed E-state index contributed by atoms with van der Waals surface area (Å²) in [5.41, 5.74) is -9.07. The van der Waals surface area contributed by atoms with Gasteiger partial charge in [0.25, 0.3) is 5.67 Å². The third-order valence-corrected chi connectivity index (χ3v) is 3.21. The van der Waals surface area contributed by atoms with Gasteiger partial charge in [-0.1, -0.05) is 6.58 Å². The highest BCUT2D eigenvalue weighted by Gasteiger charge is 2.88. The first-order chi connectivity index (χ1) is 11.1. The summed E-state index contributed by atoms with van der Waals surface area (Å²) in [6.07, 6.45) is -6.83. The molecule has 0 aromatic rings. The van der Waals surface area contributed by atoms with Crippen LogP contribution < -0.4 is 0 Å². The molecule has 26 heavy (non-hydrogen) atoms. The number of alkyl halides is 12. The van der Waals surface area contributed by atoms with Crippen LogP contribution in [-0.2, 0) is 9.53 Å². The Balaban J connectivity index is 6.33. The van der Waals surface area contributed by atoms with Gasteiger partial charge in [-0.05, 0) is 13.8 Å². The molecule has 0 aliphatic rings. The van der Waals surface area contributed by atoms with Crippen LogP contribution in [0.2, 0.25) is 0 Å². The summed E-state index contributed by atoms with van der Waals surface area (Å²) in [6.45, 7) is 1.01. The van der Waals surface area contributed by atoms with Crippen molar-refractivity contribution in [1.29, 1.82) is 0 Å². The van der Waals surface area contributed by atoms with Gasteiger partial charge in [-0.25, -0.2) is 9.18 Å². The normalized spacial score (nSPS) is 16.8. The van der Waals surface area contributed by atoms with Crippen LogP contribution in [0.1, 0.15) is 13.8 Å². The number of halogens is 12. The second kappa shape index (κ2) is 6.51. The molecule has 0 rings (SSSR count). The van der Waals surface area contributed by atoms with Crippen molar-refractivity contribution in [3.63, 3.8) is 0 Å². The number of ether oxygens (including phenoxy) is 1. The first-order valence-electron chi connectivity index (χ1n) is 6.28. The predicted molar refractivity (Wildman–Crippen MR) is 61.1 cm³/mol. The van der Waals surface area contributed by atoms with E-state index in [9.17, 15) is 57.5 Å². The van der Waals surface area contributed by atoms with E-state index in [0.717, 1.165) is 6.92 Å². The van der Waals surface area contributed by atoms with Gasteiger partial charge in [0.1, 0.15) is 5.57 Å². The summed E-state index contributed by atoms with van der Waals surface area (Å²) in [5, 5.41) is 0. The Morgan fingerprint density at radius 1 is 0.808 bits per heavy atom. The fraction of sp³-hybridized carbons (Fsp3) is 0.750. The summed E-state index contributed by atoms with van der Waals surface area (Å²) >= 11 is 0. The topological polar surface area (TPSA) is 26.3 Å². The molecule has 0 spiro atoms. The average molecular weight is 414 g/mol. The maximum absolute atomic E-state index is 13.5. The van der Waals surface area contributed by atoms with Gasteiger partial charge in [0.05, 0.1) is 6.61 Å². The van der Waals surface area contributed by atoms with E-state index in [-0.39, 0.29) is 0 Å². The minimum Gasteiger partial charge on any atom is -0.462 e. The van der Waals surface area contributed by atoms with Crippen LogP contribution in [0.25, 0.3) is 0 Å². The lowest BCUT2D eigenvalue weighted by atomic mass is 9.86. The Labute approximate surface area is 137 Å². The molecule has 0 N–H and O–H groups in total. The van der Waals surface area contributed by atoms with Gasteiger partial charge in [-0.15, -0.1) is 0 Å². The zero-order valence-corrected chi connectivity index (χ0v) is 12.8. The van der Waals surface area contributed by atoms with E-state index in [1.54, 1.807) is 0 Å². The molecule has 0 radical (unpaired) electrons. The first kappa shape index (κ1) is 24.4. The smallest absolute Gasteiger partial charge is 0.428 e. The van der Waals surface area contributed by atoms with Crippen molar-refractivity contribution in [2.24, 2.45) is 0 Å². The number of hydrogen-bond donors (Lipinski definition) is 0. The van der Waals surface area contributed by atoms with Crippen molar-refractivity contribution in [3.05, 3.63) is 12.2 Å². The van der Waals surface area contributed by atoms with Gasteiger partial charge in [-0.3, -0.25) is 0 Å². The van der Waals surface area contributed by atoms with Crippen LogP contribution in [0.4, 0.5) is 52.7 Å². The molecule has 0 aromatic carbocycles. The van der Waals surface area contributed by atoms with Crippen molar-refractivity contribution in [2.75, 3.05) is 6.61 Å². The number of carbonyl (C=O) groups excluding carboxylic acids is 1. The lowest BCUT2D eigenvalue weighted by Gasteiger charge is -2.41. The fourth-order valence-corrected chi connectivity index (χ4v) is 1.40. The minimum atomic E-state index is -7.60. The van der Waals surface area contributed by atoms with E-state index in [1.165, 1.54) is 0 Å². The van der Waals surface area contributed by atoms with Crippen LogP contribution in [0.3, 0.4) is 0 Å². The number of hydrogen-bond acceptors (Lipinski definition) is 2. The van der Waals surface area contributed by atoms with E-state index in [0.29, 0.717) is 0 Å². The Bertz CT molecular complexity index is 561. The molecule has 0 aliphatic heterocycles. The highest BCUT2D eigenvalue weighted by Crippen LogP contribution is 2.60. The lowest BCUT2D eigenvalue weighted by Crippen LogP contribution is -2.70. The fourth-order valence-electron chi connectivity index (χ4n) is 1.40. The second-order valence-corrected chi connectivity index (χ2v) is 5.00. The quantitative estimate of drug-likeness (QED) is 0.335. The molecule has 154 valence electrons. The van der Waals surface area contributed by atoms with Crippen molar-refractivity contribution in [2.45, 2.75) is 49.4 Å². The SMILES string of the molecule is C=C(C(=O)OCC)C(F)(F)C(F)(F)C(F)(F)C(F)(F)C(C)(F)C(F)(F)F. The maximum Gasteiger partial charge on any atom is 0.428 e. The molecule has 0 aliphatic carbocycles. The number of carbonyl (C=O) groups is 1. The van der Waals surface area contributed by atoms with Crippen LogP contribution in [0.5, 0.6) is 0 Å². The Kier molecular flexibility index (Phi) is 6.11. The molecule has 0 heterocycles. The molecule has 2 nitrogen and oxygen atoms in total. The third kappa shape index (κ3) is 3.21. The standard InChI is InChI=1S/C12H10F12O2/c1-4-26-6(25)5(2)8(14,15)10(18,19)11(20,21)9(16,17)7(3,13)12(22,23)24/h2,4H2,1,3H3. The third-order valence-electron chi connectivity index (χ3n) is 3.21. The molecule has 0 bridgehead atoms. The second-order valence-electron chi connectivity index (χ2n) is 5.00. The molecular formula is C12H10F12O2. The van der Waals surface area contributed by atoms with Crippen molar-refractivity contribution >= 4 is 5.97 Å². The molecule has 0 fully saturated rings. The largest absolute Gasteiger partial charge is 0.462 e. The molecule has 1 unspecified atom stereocenters. The summed E-state index contributed by atoms with van der Waals surface area (Å²) in [4.78, 5) is 10.9. The molecular weight excluding hydrogens is 404 g/mol. The summed E-state index contributed by atoms with van der Waals surface area (Å²) in [6, 6.07) is 0. The highest BCUT2D eigenvalue weighted by molar-refractivity contribution is 5.89. The lowest BCUT2D eigenvalue weighted by molar-refractivity contribution is -0.407. The minimum absolute atomic E-state index is 0.747. The van der Waals surface area contributed by atoms with E-state index in [4.69, 9.17) is 0 Å². The summed E-state index contributed by atoms with van der Waals surface area (Å²) < 4.78 is 161. The summed E-state index contributed by atoms with van der Waals surface area (Å²) in [7, 11) is 0. The average Bonchev–Trinajstić information content (AvgIpc) is 2.44. The highest BCUT2D eigenvalue weighted by atomic mass is 19.4. The van der Waals surface area contributed by atoms with Crippen LogP contribution in [-0.4, -0.2) is 48.1 Å². The van der Waals surface area contributed by atoms with Crippen molar-refractivity contribution in [3.8, 4) is 0 Å². The van der Waals surface area contributed by atoms with Gasteiger partial charge in [0.2, 0.25) is 0 Å². The van der Waals surface area contributed by atoms with E-state index >= 15 is 0 Å². The van der Waals surface area contributed by atoms with Gasteiger partial charge in [-0.2, -0.15) is 48.3 Å². The monoisotopic (exact) mass is 414 g/mol. The predicted octanol–water partition coefficient (Wildman–Crippen LogP) is 4.94. The van der Waals surface area contributed by atoms with E-state index in [2.05, 4.69) is 4.74 Å². The van der Waals surface area contributed by atoms with E-state index < -0.39 is 60.6 Å². The van der Waals surface area contributed by atoms with Crippen LogP contribution in [0.15, 0.2) is 12.2 Å². The molecule has 14 heteroatoms. The molecule has 1 atom stereocenters. The van der Waals surface area contributed by atoms with Gasteiger partial charge >= 0.3 is 35.8 Å². The van der Waals surface area contributed by atoms with Crippen LogP contribution in [0, 0.1) is 0 Å². The van der Waals surface area contributed by atoms with Crippen LogP contribution >= 0.6 is 0 Å². The van der Waals surface area contributed by atoms with Gasteiger partial charge < -0.3 is 4.74 Å². The zero-order valence-electron chi connectivity index (χ0n) is 12.8. The molecule has 0 saturated carbocycles. The van der Waals surface area contributed by atoms with E-state index in [1.807, 2.05) is 6.58 Å². The Morgan fingerprint density at radius 2 is 1.19 bits per heavy atom. The van der Waals surface area contributed by atoms with Crippen molar-refractivity contribution in [1.82, 2.24) is 0 Å². The Hall–Kier alpha value is -1.63. The van der Waals surface area contributed by atoms with Gasteiger partial charge in [0.15, 0.2) is 0 Å². The zero-order chi connectivity index (χ0) is 21.6. The number of rotatable bonds is 7. The Morgan fingerprint density at radius 3 is 1.50 bits per heavy atom. The molecule has 0 aromatic heterocycles. The maximum atomic E-state index is 13.5. The van der Waals surface area contributed by atoms with Crippen molar-refractivity contribution < 1.29 is 62.2 Å².